The van der Waals surface area contributed by atoms with Crippen LogP contribution in [0.15, 0.2) is 77.7 Å². The normalized spacial score (nSPS) is 11.1. The number of ether oxygens (including phenoxy) is 1. The van der Waals surface area contributed by atoms with Crippen LogP contribution >= 0.6 is 0 Å². The summed E-state index contributed by atoms with van der Waals surface area (Å²) < 4.78 is 35.8. The van der Waals surface area contributed by atoms with E-state index in [1.165, 1.54) is 12.1 Å². The minimum atomic E-state index is -3.89. The Balaban J connectivity index is 1.78. The third kappa shape index (κ3) is 4.19. The topological polar surface area (TPSA) is 52.6 Å². The first-order valence-corrected chi connectivity index (χ1v) is 9.19. The molecule has 0 amide bonds. The predicted octanol–water partition coefficient (Wildman–Crippen LogP) is 4.86. The Morgan fingerprint density at radius 2 is 1.40 bits per heavy atom. The van der Waals surface area contributed by atoms with Gasteiger partial charge in [0.25, 0.3) is 0 Å². The molecule has 5 heteroatoms. The third-order valence-corrected chi connectivity index (χ3v) is 4.87. The maximum absolute atomic E-state index is 12.4. The predicted molar refractivity (Wildman–Crippen MR) is 96.7 cm³/mol. The maximum Gasteiger partial charge on any atom is 0.339 e. The number of hydrogen-bond acceptors (Lipinski definition) is 4. The lowest BCUT2D eigenvalue weighted by Crippen LogP contribution is -2.10. The molecule has 0 aromatic heterocycles. The summed E-state index contributed by atoms with van der Waals surface area (Å²) in [6, 6.07) is 20.8. The molecule has 0 saturated heterocycles. The number of aryl methyl sites for hydroxylation is 2. The average Bonchev–Trinajstić information content (AvgIpc) is 2.59. The molecular weight excluding hydrogens is 336 g/mol. The molecule has 25 heavy (non-hydrogen) atoms. The summed E-state index contributed by atoms with van der Waals surface area (Å²) in [5.41, 5.74) is 1.82. The molecule has 0 spiro atoms. The molecule has 3 aromatic carbocycles. The Hall–Kier alpha value is -2.79. The minimum Gasteiger partial charge on any atom is -0.457 e. The van der Waals surface area contributed by atoms with Gasteiger partial charge in [-0.25, -0.2) is 0 Å². The zero-order valence-corrected chi connectivity index (χ0v) is 14.8. The van der Waals surface area contributed by atoms with Gasteiger partial charge in [-0.2, -0.15) is 8.42 Å². The molecule has 0 N–H and O–H groups in total. The first-order chi connectivity index (χ1) is 11.9. The van der Waals surface area contributed by atoms with Gasteiger partial charge in [0, 0.05) is 0 Å². The van der Waals surface area contributed by atoms with Gasteiger partial charge in [-0.15, -0.1) is 0 Å². The summed E-state index contributed by atoms with van der Waals surface area (Å²) in [6.07, 6.45) is 0. The van der Waals surface area contributed by atoms with E-state index in [2.05, 4.69) is 0 Å². The van der Waals surface area contributed by atoms with Crippen molar-refractivity contribution in [1.29, 1.82) is 0 Å². The molecule has 0 atom stereocenters. The van der Waals surface area contributed by atoms with Crippen LogP contribution in [0.3, 0.4) is 0 Å². The van der Waals surface area contributed by atoms with E-state index in [-0.39, 0.29) is 4.90 Å². The van der Waals surface area contributed by atoms with Crippen LogP contribution in [0.1, 0.15) is 11.1 Å². The first kappa shape index (κ1) is 17.0. The lowest BCUT2D eigenvalue weighted by molar-refractivity contribution is 0.478. The number of rotatable bonds is 5. The number of para-hydroxylation sites is 1. The van der Waals surface area contributed by atoms with Crippen molar-refractivity contribution in [2.75, 3.05) is 0 Å². The average molecular weight is 354 g/mol. The van der Waals surface area contributed by atoms with Crippen molar-refractivity contribution in [3.63, 3.8) is 0 Å². The molecule has 0 heterocycles. The molecule has 0 bridgehead atoms. The van der Waals surface area contributed by atoms with Crippen molar-refractivity contribution in [3.8, 4) is 17.2 Å². The van der Waals surface area contributed by atoms with E-state index in [1.54, 1.807) is 18.2 Å². The van der Waals surface area contributed by atoms with Gasteiger partial charge < -0.3 is 8.92 Å². The molecule has 0 aliphatic heterocycles. The molecule has 128 valence electrons. The van der Waals surface area contributed by atoms with Crippen molar-refractivity contribution in [1.82, 2.24) is 0 Å². The highest BCUT2D eigenvalue weighted by atomic mass is 32.2. The molecule has 3 aromatic rings. The van der Waals surface area contributed by atoms with Gasteiger partial charge in [-0.3, -0.25) is 0 Å². The van der Waals surface area contributed by atoms with Gasteiger partial charge in [-0.05, 0) is 61.9 Å². The Kier molecular flexibility index (Phi) is 4.76. The van der Waals surface area contributed by atoms with Crippen molar-refractivity contribution in [2.45, 2.75) is 18.7 Å². The van der Waals surface area contributed by atoms with E-state index in [9.17, 15) is 8.42 Å². The number of hydrogen-bond donors (Lipinski definition) is 0. The Labute approximate surface area is 147 Å². The molecule has 0 fully saturated rings. The second-order valence-electron chi connectivity index (χ2n) is 5.69. The van der Waals surface area contributed by atoms with Crippen molar-refractivity contribution in [2.24, 2.45) is 0 Å². The smallest absolute Gasteiger partial charge is 0.339 e. The zero-order chi connectivity index (χ0) is 17.9. The van der Waals surface area contributed by atoms with Gasteiger partial charge in [0.1, 0.15) is 22.1 Å². The van der Waals surface area contributed by atoms with E-state index in [4.69, 9.17) is 8.92 Å². The quantitative estimate of drug-likeness (QED) is 0.614. The molecular formula is C20H18O4S. The van der Waals surface area contributed by atoms with Crippen LogP contribution in [0, 0.1) is 13.8 Å². The van der Waals surface area contributed by atoms with E-state index in [0.29, 0.717) is 17.2 Å². The summed E-state index contributed by atoms with van der Waals surface area (Å²) >= 11 is 0. The maximum atomic E-state index is 12.4. The summed E-state index contributed by atoms with van der Waals surface area (Å²) in [6.45, 7) is 3.76. The van der Waals surface area contributed by atoms with Crippen molar-refractivity contribution in [3.05, 3.63) is 83.9 Å². The molecule has 0 aliphatic carbocycles. The van der Waals surface area contributed by atoms with Crippen LogP contribution < -0.4 is 8.92 Å². The largest absolute Gasteiger partial charge is 0.457 e. The molecule has 3 rings (SSSR count). The first-order valence-electron chi connectivity index (χ1n) is 7.79. The third-order valence-electron chi connectivity index (χ3n) is 3.62. The standard InChI is InChI=1S/C20H18O4S/c1-15-8-13-20(16(2)14-15)24-25(21,22)19-11-9-18(10-12-19)23-17-6-4-3-5-7-17/h3-14H,1-2H3. The molecule has 0 unspecified atom stereocenters. The van der Waals surface area contributed by atoms with Gasteiger partial charge in [-0.1, -0.05) is 35.9 Å². The fraction of sp³-hybridized carbons (Fsp3) is 0.100. The summed E-state index contributed by atoms with van der Waals surface area (Å²) in [5.74, 6) is 1.57. The van der Waals surface area contributed by atoms with Crippen LogP contribution in [0.4, 0.5) is 0 Å². The van der Waals surface area contributed by atoms with E-state index in [1.807, 2.05) is 56.3 Å². The molecule has 0 radical (unpaired) electrons. The van der Waals surface area contributed by atoms with Crippen molar-refractivity contribution < 1.29 is 17.3 Å². The summed E-state index contributed by atoms with van der Waals surface area (Å²) in [7, 11) is -3.89. The number of benzene rings is 3. The zero-order valence-electron chi connectivity index (χ0n) is 14.0. The monoisotopic (exact) mass is 354 g/mol. The Bertz CT molecular complexity index is 962. The van der Waals surface area contributed by atoms with Crippen LogP contribution in [0.5, 0.6) is 17.2 Å². The van der Waals surface area contributed by atoms with Crippen LogP contribution in [-0.4, -0.2) is 8.42 Å². The van der Waals surface area contributed by atoms with Crippen LogP contribution in [0.2, 0.25) is 0 Å². The van der Waals surface area contributed by atoms with Gasteiger partial charge in [0.15, 0.2) is 0 Å². The second kappa shape index (κ2) is 6.99. The fourth-order valence-electron chi connectivity index (χ4n) is 2.36. The van der Waals surface area contributed by atoms with E-state index >= 15 is 0 Å². The van der Waals surface area contributed by atoms with Crippen molar-refractivity contribution >= 4 is 10.1 Å². The molecule has 4 nitrogen and oxygen atoms in total. The highest BCUT2D eigenvalue weighted by Crippen LogP contribution is 2.26. The van der Waals surface area contributed by atoms with Gasteiger partial charge in [0.05, 0.1) is 0 Å². The SMILES string of the molecule is Cc1ccc(OS(=O)(=O)c2ccc(Oc3ccccc3)cc2)c(C)c1. The molecule has 0 saturated carbocycles. The van der Waals surface area contributed by atoms with E-state index < -0.39 is 10.1 Å². The minimum absolute atomic E-state index is 0.0767. The highest BCUT2D eigenvalue weighted by Gasteiger charge is 2.18. The summed E-state index contributed by atoms with van der Waals surface area (Å²) in [4.78, 5) is 0.0767. The summed E-state index contributed by atoms with van der Waals surface area (Å²) in [5, 5.41) is 0. The van der Waals surface area contributed by atoms with E-state index in [0.717, 1.165) is 11.1 Å². The lowest BCUT2D eigenvalue weighted by Gasteiger charge is -2.11. The highest BCUT2D eigenvalue weighted by molar-refractivity contribution is 7.87. The molecule has 0 aliphatic rings. The fourth-order valence-corrected chi connectivity index (χ4v) is 3.35. The van der Waals surface area contributed by atoms with Crippen LogP contribution in [0.25, 0.3) is 0 Å². The lowest BCUT2D eigenvalue weighted by atomic mass is 10.1. The van der Waals surface area contributed by atoms with Gasteiger partial charge >= 0.3 is 10.1 Å². The van der Waals surface area contributed by atoms with Gasteiger partial charge in [0.2, 0.25) is 0 Å². The second-order valence-corrected chi connectivity index (χ2v) is 7.24. The Morgan fingerprint density at radius 3 is 2.04 bits per heavy atom. The van der Waals surface area contributed by atoms with Crippen LogP contribution in [-0.2, 0) is 10.1 Å². The Morgan fingerprint density at radius 1 is 0.760 bits per heavy atom.